The largest absolute Gasteiger partial charge is 0.237 e. The lowest BCUT2D eigenvalue weighted by molar-refractivity contribution is 1.32. The van der Waals surface area contributed by atoms with Crippen LogP contribution in [0.25, 0.3) is 10.9 Å². The zero-order valence-electron chi connectivity index (χ0n) is 6.66. The molecule has 0 amide bonds. The number of halogens is 1. The first-order valence-electron chi connectivity index (χ1n) is 3.76. The monoisotopic (exact) mass is 188 g/mol. The van der Waals surface area contributed by atoms with Gasteiger partial charge in [0.05, 0.1) is 10.5 Å². The molecule has 62 valence electrons. The van der Waals surface area contributed by atoms with E-state index < -0.39 is 0 Å². The first kappa shape index (κ1) is 8.03. The molecule has 0 fully saturated rings. The third-order valence-corrected chi connectivity index (χ3v) is 2.09. The van der Waals surface area contributed by atoms with Crippen molar-refractivity contribution in [3.05, 3.63) is 41.0 Å². The fourth-order valence-electron chi connectivity index (χ4n) is 1.19. The molecule has 0 aliphatic carbocycles. The second-order valence-corrected chi connectivity index (χ2v) is 3.03. The van der Waals surface area contributed by atoms with Gasteiger partial charge in [0.25, 0.3) is 0 Å². The topological polar surface area (TPSA) is 36.7 Å². The Labute approximate surface area is 80.4 Å². The summed E-state index contributed by atoms with van der Waals surface area (Å²) in [6, 6.07) is 11.0. The molecule has 0 bridgehead atoms. The average molecular weight is 189 g/mol. The van der Waals surface area contributed by atoms with Gasteiger partial charge in [0.15, 0.2) is 0 Å². The van der Waals surface area contributed by atoms with E-state index in [1.807, 2.05) is 30.3 Å². The maximum absolute atomic E-state index is 8.65. The quantitative estimate of drug-likeness (QED) is 0.638. The van der Waals surface area contributed by atoms with Crippen LogP contribution >= 0.6 is 11.6 Å². The predicted octanol–water partition coefficient (Wildman–Crippen LogP) is 2.76. The number of para-hydroxylation sites is 1. The number of benzene rings is 1. The molecule has 3 heteroatoms. The number of fused-ring (bicyclic) bond motifs is 1. The Morgan fingerprint density at radius 1 is 1.31 bits per heavy atom. The highest BCUT2D eigenvalue weighted by Crippen LogP contribution is 2.22. The summed E-state index contributed by atoms with van der Waals surface area (Å²) in [5, 5.41) is 10.1. The molecule has 0 unspecified atom stereocenters. The normalized spacial score (nSPS) is 9.85. The molecular weight excluding hydrogens is 184 g/mol. The summed E-state index contributed by atoms with van der Waals surface area (Å²) in [4.78, 5) is 4.11. The van der Waals surface area contributed by atoms with Gasteiger partial charge in [-0.25, -0.2) is 4.98 Å². The highest BCUT2D eigenvalue weighted by molar-refractivity contribution is 6.35. The van der Waals surface area contributed by atoms with Crippen molar-refractivity contribution in [2.45, 2.75) is 0 Å². The summed E-state index contributed by atoms with van der Waals surface area (Å²) >= 11 is 5.95. The fourth-order valence-corrected chi connectivity index (χ4v) is 1.45. The Kier molecular flexibility index (Phi) is 1.88. The van der Waals surface area contributed by atoms with E-state index in [0.29, 0.717) is 10.7 Å². The predicted molar refractivity (Wildman–Crippen MR) is 51.5 cm³/mol. The first-order valence-corrected chi connectivity index (χ1v) is 4.14. The molecule has 0 spiro atoms. The number of rotatable bonds is 0. The molecular formula is C10H5ClN2. The van der Waals surface area contributed by atoms with Crippen LogP contribution in [0.3, 0.4) is 0 Å². The highest BCUT2D eigenvalue weighted by atomic mass is 35.5. The summed E-state index contributed by atoms with van der Waals surface area (Å²) in [5.74, 6) is 0. The van der Waals surface area contributed by atoms with Crippen LogP contribution in [0, 0.1) is 11.3 Å². The lowest BCUT2D eigenvalue weighted by Gasteiger charge is -1.98. The van der Waals surface area contributed by atoms with E-state index in [0.717, 1.165) is 10.9 Å². The van der Waals surface area contributed by atoms with Crippen LogP contribution in [-0.2, 0) is 0 Å². The van der Waals surface area contributed by atoms with Gasteiger partial charge in [0.2, 0.25) is 0 Å². The van der Waals surface area contributed by atoms with Crippen LogP contribution in [0.2, 0.25) is 5.02 Å². The molecule has 0 N–H and O–H groups in total. The molecule has 2 nitrogen and oxygen atoms in total. The van der Waals surface area contributed by atoms with Crippen molar-refractivity contribution in [1.29, 1.82) is 5.26 Å². The maximum Gasteiger partial charge on any atom is 0.142 e. The van der Waals surface area contributed by atoms with Crippen molar-refractivity contribution >= 4 is 22.5 Å². The van der Waals surface area contributed by atoms with Gasteiger partial charge in [-0.1, -0.05) is 29.8 Å². The Bertz CT molecular complexity index is 500. The standard InChI is InChI=1S/C10H5ClN2/c11-9-5-7(6-12)13-10-4-2-1-3-8(9)10/h1-5H. The van der Waals surface area contributed by atoms with Crippen LogP contribution in [0.5, 0.6) is 0 Å². The highest BCUT2D eigenvalue weighted by Gasteiger charge is 2.01. The minimum absolute atomic E-state index is 0.351. The number of hydrogen-bond donors (Lipinski definition) is 0. The van der Waals surface area contributed by atoms with E-state index in [2.05, 4.69) is 4.98 Å². The zero-order valence-corrected chi connectivity index (χ0v) is 7.42. The molecule has 0 aliphatic rings. The van der Waals surface area contributed by atoms with Crippen molar-refractivity contribution < 1.29 is 0 Å². The third-order valence-electron chi connectivity index (χ3n) is 1.78. The summed E-state index contributed by atoms with van der Waals surface area (Å²) in [6.45, 7) is 0. The van der Waals surface area contributed by atoms with Gasteiger partial charge in [-0.3, -0.25) is 0 Å². The van der Waals surface area contributed by atoms with E-state index in [4.69, 9.17) is 16.9 Å². The van der Waals surface area contributed by atoms with Crippen LogP contribution in [0.15, 0.2) is 30.3 Å². The molecule has 13 heavy (non-hydrogen) atoms. The minimum Gasteiger partial charge on any atom is -0.237 e. The number of aromatic nitrogens is 1. The summed E-state index contributed by atoms with van der Waals surface area (Å²) < 4.78 is 0. The molecule has 2 aromatic rings. The van der Waals surface area contributed by atoms with Crippen LogP contribution in [-0.4, -0.2) is 4.98 Å². The molecule has 1 aromatic heterocycles. The van der Waals surface area contributed by atoms with Gasteiger partial charge in [-0.2, -0.15) is 5.26 Å². The van der Waals surface area contributed by atoms with E-state index in [1.165, 1.54) is 0 Å². The third kappa shape index (κ3) is 1.34. The minimum atomic E-state index is 0.351. The zero-order chi connectivity index (χ0) is 9.26. The number of hydrogen-bond acceptors (Lipinski definition) is 2. The van der Waals surface area contributed by atoms with Gasteiger partial charge in [-0.05, 0) is 12.1 Å². The van der Waals surface area contributed by atoms with Crippen molar-refractivity contribution in [2.75, 3.05) is 0 Å². The summed E-state index contributed by atoms with van der Waals surface area (Å²) in [6.07, 6.45) is 0. The summed E-state index contributed by atoms with van der Waals surface area (Å²) in [7, 11) is 0. The van der Waals surface area contributed by atoms with Crippen molar-refractivity contribution in [3.8, 4) is 6.07 Å². The molecule has 0 saturated carbocycles. The van der Waals surface area contributed by atoms with Gasteiger partial charge in [-0.15, -0.1) is 0 Å². The van der Waals surface area contributed by atoms with Gasteiger partial charge >= 0.3 is 0 Å². The number of nitriles is 1. The Morgan fingerprint density at radius 2 is 2.08 bits per heavy atom. The van der Waals surface area contributed by atoms with E-state index in [9.17, 15) is 0 Å². The van der Waals surface area contributed by atoms with Crippen molar-refractivity contribution in [2.24, 2.45) is 0 Å². The molecule has 1 heterocycles. The molecule has 0 saturated heterocycles. The maximum atomic E-state index is 8.65. The summed E-state index contributed by atoms with van der Waals surface area (Å²) in [5.41, 5.74) is 1.11. The SMILES string of the molecule is N#Cc1cc(Cl)c2ccccc2n1. The number of nitrogens with zero attached hydrogens (tertiary/aromatic N) is 2. The van der Waals surface area contributed by atoms with E-state index in [-0.39, 0.29) is 0 Å². The van der Waals surface area contributed by atoms with Gasteiger partial charge < -0.3 is 0 Å². The van der Waals surface area contributed by atoms with E-state index >= 15 is 0 Å². The molecule has 2 rings (SSSR count). The van der Waals surface area contributed by atoms with Crippen LogP contribution < -0.4 is 0 Å². The molecule has 1 aromatic carbocycles. The second-order valence-electron chi connectivity index (χ2n) is 2.62. The number of pyridine rings is 1. The Balaban J connectivity index is 2.86. The molecule has 0 radical (unpaired) electrons. The van der Waals surface area contributed by atoms with E-state index in [1.54, 1.807) is 6.07 Å². The van der Waals surface area contributed by atoms with Crippen molar-refractivity contribution in [1.82, 2.24) is 4.98 Å². The van der Waals surface area contributed by atoms with Gasteiger partial charge in [0.1, 0.15) is 11.8 Å². The van der Waals surface area contributed by atoms with Gasteiger partial charge in [0, 0.05) is 5.39 Å². The second kappa shape index (κ2) is 3.04. The smallest absolute Gasteiger partial charge is 0.142 e. The molecule has 0 atom stereocenters. The average Bonchev–Trinajstić information content (AvgIpc) is 2.18. The van der Waals surface area contributed by atoms with Crippen LogP contribution in [0.1, 0.15) is 5.69 Å². The lowest BCUT2D eigenvalue weighted by atomic mass is 10.2. The Morgan fingerprint density at radius 3 is 2.85 bits per heavy atom. The Hall–Kier alpha value is -1.59. The fraction of sp³-hybridized carbons (Fsp3) is 0. The van der Waals surface area contributed by atoms with Crippen molar-refractivity contribution in [3.63, 3.8) is 0 Å². The first-order chi connectivity index (χ1) is 6.31. The molecule has 0 aliphatic heterocycles. The lowest BCUT2D eigenvalue weighted by Crippen LogP contribution is -1.84. The van der Waals surface area contributed by atoms with Crippen LogP contribution in [0.4, 0.5) is 0 Å².